The van der Waals surface area contributed by atoms with Crippen LogP contribution in [-0.4, -0.2) is 30.0 Å². The Morgan fingerprint density at radius 3 is 2.95 bits per heavy atom. The minimum Gasteiger partial charge on any atom is -0.322 e. The van der Waals surface area contributed by atoms with Crippen molar-refractivity contribution in [1.29, 1.82) is 0 Å². The summed E-state index contributed by atoms with van der Waals surface area (Å²) in [5, 5.41) is 8.04. The van der Waals surface area contributed by atoms with E-state index >= 15 is 0 Å². The number of anilines is 1. The molecule has 0 spiro atoms. The lowest BCUT2D eigenvalue weighted by Crippen LogP contribution is -2.31. The molecule has 0 radical (unpaired) electrons. The zero-order chi connectivity index (χ0) is 15.2. The van der Waals surface area contributed by atoms with Crippen molar-refractivity contribution in [1.82, 2.24) is 15.2 Å². The highest BCUT2D eigenvalue weighted by molar-refractivity contribution is 7.07. The van der Waals surface area contributed by atoms with E-state index in [9.17, 15) is 4.79 Å². The molecule has 112 valence electrons. The predicted octanol–water partition coefficient (Wildman–Crippen LogP) is 3.09. The molecule has 1 aromatic heterocycles. The lowest BCUT2D eigenvalue weighted by molar-refractivity contribution is 0.220. The van der Waals surface area contributed by atoms with E-state index < -0.39 is 0 Å². The molecule has 5 nitrogen and oxygen atoms in total. The third-order valence-corrected chi connectivity index (χ3v) is 3.94. The molecule has 2 aromatic rings. The van der Waals surface area contributed by atoms with E-state index in [4.69, 9.17) is 0 Å². The fourth-order valence-electron chi connectivity index (χ4n) is 1.90. The molecular weight excluding hydrogens is 284 g/mol. The van der Waals surface area contributed by atoms with Gasteiger partial charge in [0.1, 0.15) is 0 Å². The molecule has 2 N–H and O–H groups in total. The van der Waals surface area contributed by atoms with Gasteiger partial charge in [0.15, 0.2) is 0 Å². The van der Waals surface area contributed by atoms with Crippen molar-refractivity contribution < 1.29 is 4.79 Å². The van der Waals surface area contributed by atoms with Crippen molar-refractivity contribution in [2.75, 3.05) is 19.4 Å². The van der Waals surface area contributed by atoms with Gasteiger partial charge in [-0.25, -0.2) is 9.78 Å². The van der Waals surface area contributed by atoms with E-state index in [1.165, 1.54) is 11.3 Å². The van der Waals surface area contributed by atoms with Crippen molar-refractivity contribution in [3.05, 3.63) is 46.4 Å². The molecule has 1 aromatic carbocycles. The fourth-order valence-corrected chi connectivity index (χ4v) is 2.45. The number of benzene rings is 1. The summed E-state index contributed by atoms with van der Waals surface area (Å²) >= 11 is 1.53. The number of aromatic nitrogens is 1. The Morgan fingerprint density at radius 2 is 2.29 bits per heavy atom. The van der Waals surface area contributed by atoms with Crippen LogP contribution in [0.15, 0.2) is 35.2 Å². The van der Waals surface area contributed by atoms with Crippen LogP contribution in [0.5, 0.6) is 0 Å². The zero-order valence-corrected chi connectivity index (χ0v) is 13.3. The SMILES string of the molecule is CNC(C)c1cccc(NC(=O)N(C)Cc2cscn2)c1. The van der Waals surface area contributed by atoms with Crippen LogP contribution in [0.2, 0.25) is 0 Å². The molecule has 21 heavy (non-hydrogen) atoms. The van der Waals surface area contributed by atoms with Gasteiger partial charge in [-0.15, -0.1) is 11.3 Å². The van der Waals surface area contributed by atoms with Crippen molar-refractivity contribution in [2.24, 2.45) is 0 Å². The molecule has 0 aliphatic heterocycles. The molecule has 1 heterocycles. The monoisotopic (exact) mass is 304 g/mol. The van der Waals surface area contributed by atoms with E-state index in [0.717, 1.165) is 16.9 Å². The number of carbonyl (C=O) groups excluding carboxylic acids is 1. The van der Waals surface area contributed by atoms with Crippen LogP contribution >= 0.6 is 11.3 Å². The van der Waals surface area contributed by atoms with E-state index in [-0.39, 0.29) is 12.1 Å². The van der Waals surface area contributed by atoms with Gasteiger partial charge in [-0.2, -0.15) is 0 Å². The molecule has 0 fully saturated rings. The van der Waals surface area contributed by atoms with Crippen LogP contribution in [0.3, 0.4) is 0 Å². The molecule has 1 atom stereocenters. The van der Waals surface area contributed by atoms with Gasteiger partial charge in [0.05, 0.1) is 17.7 Å². The molecule has 0 saturated heterocycles. The van der Waals surface area contributed by atoms with Crippen molar-refractivity contribution in [3.8, 4) is 0 Å². The summed E-state index contributed by atoms with van der Waals surface area (Å²) in [6.07, 6.45) is 0. The summed E-state index contributed by atoms with van der Waals surface area (Å²) < 4.78 is 0. The first-order chi connectivity index (χ1) is 10.1. The van der Waals surface area contributed by atoms with Crippen LogP contribution in [0.4, 0.5) is 10.5 Å². The van der Waals surface area contributed by atoms with E-state index in [2.05, 4.69) is 22.5 Å². The number of thiazole rings is 1. The number of nitrogens with one attached hydrogen (secondary N) is 2. The third-order valence-electron chi connectivity index (χ3n) is 3.30. The summed E-state index contributed by atoms with van der Waals surface area (Å²) in [5.41, 5.74) is 4.60. The first-order valence-electron chi connectivity index (χ1n) is 6.76. The topological polar surface area (TPSA) is 57.3 Å². The number of rotatable bonds is 5. The molecule has 2 amide bonds. The van der Waals surface area contributed by atoms with Gasteiger partial charge in [0.2, 0.25) is 0 Å². The lowest BCUT2D eigenvalue weighted by Gasteiger charge is -2.18. The van der Waals surface area contributed by atoms with Gasteiger partial charge in [0.25, 0.3) is 0 Å². The van der Waals surface area contributed by atoms with E-state index in [0.29, 0.717) is 6.54 Å². The Morgan fingerprint density at radius 1 is 1.48 bits per heavy atom. The van der Waals surface area contributed by atoms with Gasteiger partial charge in [-0.05, 0) is 31.7 Å². The van der Waals surface area contributed by atoms with Crippen LogP contribution in [0, 0.1) is 0 Å². The summed E-state index contributed by atoms with van der Waals surface area (Å²) in [6.45, 7) is 2.58. The van der Waals surface area contributed by atoms with Gasteiger partial charge in [-0.3, -0.25) is 0 Å². The maximum atomic E-state index is 12.2. The molecule has 6 heteroatoms. The molecular formula is C15H20N4OS. The number of urea groups is 1. The van der Waals surface area contributed by atoms with Crippen molar-refractivity contribution in [2.45, 2.75) is 19.5 Å². The number of amides is 2. The summed E-state index contributed by atoms with van der Waals surface area (Å²) in [5.74, 6) is 0. The summed E-state index contributed by atoms with van der Waals surface area (Å²) in [4.78, 5) is 18.0. The van der Waals surface area contributed by atoms with Crippen molar-refractivity contribution in [3.63, 3.8) is 0 Å². The minimum absolute atomic E-state index is 0.141. The Hall–Kier alpha value is -1.92. The second-order valence-electron chi connectivity index (χ2n) is 4.90. The molecule has 0 saturated carbocycles. The summed E-state index contributed by atoms with van der Waals surface area (Å²) in [6, 6.07) is 7.96. The highest BCUT2D eigenvalue weighted by atomic mass is 32.1. The molecule has 0 aliphatic carbocycles. The number of nitrogens with zero attached hydrogens (tertiary/aromatic N) is 2. The van der Waals surface area contributed by atoms with Crippen molar-refractivity contribution >= 4 is 23.1 Å². The highest BCUT2D eigenvalue weighted by Gasteiger charge is 2.11. The number of hydrogen-bond donors (Lipinski definition) is 2. The highest BCUT2D eigenvalue weighted by Crippen LogP contribution is 2.17. The standard InChI is InChI=1S/C15H20N4OS/c1-11(16-2)12-5-4-6-13(7-12)18-15(20)19(3)8-14-9-21-10-17-14/h4-7,9-11,16H,8H2,1-3H3,(H,18,20). The first kappa shape index (κ1) is 15.5. The van der Waals surface area contributed by atoms with E-state index in [1.807, 2.05) is 36.7 Å². The maximum Gasteiger partial charge on any atom is 0.321 e. The normalized spacial score (nSPS) is 12.0. The third kappa shape index (κ3) is 4.27. The average Bonchev–Trinajstić information content (AvgIpc) is 2.99. The number of hydrogen-bond acceptors (Lipinski definition) is 4. The first-order valence-corrected chi connectivity index (χ1v) is 7.71. The maximum absolute atomic E-state index is 12.2. The lowest BCUT2D eigenvalue weighted by atomic mass is 10.1. The van der Waals surface area contributed by atoms with Gasteiger partial charge in [0, 0.05) is 24.2 Å². The van der Waals surface area contributed by atoms with Gasteiger partial charge in [-0.1, -0.05) is 12.1 Å². The van der Waals surface area contributed by atoms with E-state index in [1.54, 1.807) is 17.5 Å². The Kier molecular flexibility index (Phi) is 5.30. The second-order valence-corrected chi connectivity index (χ2v) is 5.62. The smallest absolute Gasteiger partial charge is 0.321 e. The summed E-state index contributed by atoms with van der Waals surface area (Å²) in [7, 11) is 3.67. The number of carbonyl (C=O) groups is 1. The van der Waals surface area contributed by atoms with Gasteiger partial charge < -0.3 is 15.5 Å². The van der Waals surface area contributed by atoms with Crippen LogP contribution in [0.25, 0.3) is 0 Å². The largest absolute Gasteiger partial charge is 0.322 e. The molecule has 2 rings (SSSR count). The van der Waals surface area contributed by atoms with Gasteiger partial charge >= 0.3 is 6.03 Å². The Bertz CT molecular complexity index is 585. The molecule has 1 unspecified atom stereocenters. The quantitative estimate of drug-likeness (QED) is 0.892. The second kappa shape index (κ2) is 7.19. The zero-order valence-electron chi connectivity index (χ0n) is 12.5. The molecule has 0 bridgehead atoms. The predicted molar refractivity (Wildman–Crippen MR) is 86.5 cm³/mol. The minimum atomic E-state index is -0.141. The fraction of sp³-hybridized carbons (Fsp3) is 0.333. The van der Waals surface area contributed by atoms with Crippen LogP contribution < -0.4 is 10.6 Å². The Balaban J connectivity index is 1.98. The van der Waals surface area contributed by atoms with Crippen LogP contribution in [0.1, 0.15) is 24.2 Å². The average molecular weight is 304 g/mol. The Labute approximate surface area is 129 Å². The van der Waals surface area contributed by atoms with Crippen LogP contribution in [-0.2, 0) is 6.54 Å². The molecule has 0 aliphatic rings.